The van der Waals surface area contributed by atoms with Gasteiger partial charge in [-0.25, -0.2) is 0 Å². The van der Waals surface area contributed by atoms with E-state index in [0.29, 0.717) is 12.1 Å². The number of hydrogen-bond donors (Lipinski definition) is 3. The molecule has 114 valence electrons. The summed E-state index contributed by atoms with van der Waals surface area (Å²) in [6, 6.07) is 11.8. The third kappa shape index (κ3) is 2.52. The molecule has 4 heteroatoms. The number of carbonyl (C=O) groups is 1. The zero-order valence-electron chi connectivity index (χ0n) is 13.2. The Morgan fingerprint density at radius 2 is 1.95 bits per heavy atom. The number of nitrogen functional groups attached to an aromatic ring is 1. The summed E-state index contributed by atoms with van der Waals surface area (Å²) in [6.45, 7) is 6.22. The molecule has 2 aromatic rings. The molecular formula is C18H21N3O. The van der Waals surface area contributed by atoms with Crippen molar-refractivity contribution in [2.24, 2.45) is 0 Å². The number of hydrogen-bond acceptors (Lipinski definition) is 3. The van der Waals surface area contributed by atoms with E-state index in [-0.39, 0.29) is 11.3 Å². The maximum atomic E-state index is 11.9. The fourth-order valence-electron chi connectivity index (χ4n) is 3.01. The lowest BCUT2D eigenvalue weighted by Crippen LogP contribution is -2.33. The summed E-state index contributed by atoms with van der Waals surface area (Å²) >= 11 is 0. The van der Waals surface area contributed by atoms with Gasteiger partial charge in [0.2, 0.25) is 5.91 Å². The molecule has 0 saturated carbocycles. The van der Waals surface area contributed by atoms with E-state index >= 15 is 0 Å². The number of carbonyl (C=O) groups excluding carboxylic acids is 1. The zero-order chi connectivity index (χ0) is 15.9. The van der Waals surface area contributed by atoms with Crippen LogP contribution in [-0.4, -0.2) is 5.91 Å². The zero-order valence-corrected chi connectivity index (χ0v) is 13.2. The largest absolute Gasteiger partial charge is 0.397 e. The maximum Gasteiger partial charge on any atom is 0.225 e. The smallest absolute Gasteiger partial charge is 0.225 e. The van der Waals surface area contributed by atoms with Crippen molar-refractivity contribution in [2.45, 2.75) is 32.6 Å². The van der Waals surface area contributed by atoms with Gasteiger partial charge in [-0.1, -0.05) is 26.0 Å². The normalized spacial score (nSPS) is 15.9. The molecule has 1 heterocycles. The Morgan fingerprint density at radius 1 is 1.23 bits per heavy atom. The Balaban J connectivity index is 2.04. The lowest BCUT2D eigenvalue weighted by Gasteiger charge is -2.33. The van der Waals surface area contributed by atoms with Gasteiger partial charge in [0.05, 0.1) is 11.4 Å². The molecule has 0 fully saturated rings. The van der Waals surface area contributed by atoms with Crippen LogP contribution in [0.25, 0.3) is 0 Å². The number of nitrogens with one attached hydrogen (secondary N) is 2. The molecule has 22 heavy (non-hydrogen) atoms. The van der Waals surface area contributed by atoms with E-state index in [9.17, 15) is 4.79 Å². The molecule has 0 radical (unpaired) electrons. The first-order valence-electron chi connectivity index (χ1n) is 7.43. The summed E-state index contributed by atoms with van der Waals surface area (Å²) in [5.41, 5.74) is 11.6. The van der Waals surface area contributed by atoms with Crippen molar-refractivity contribution in [1.82, 2.24) is 0 Å². The molecule has 4 N–H and O–H groups in total. The number of benzene rings is 2. The molecule has 0 atom stereocenters. The predicted molar refractivity (Wildman–Crippen MR) is 91.6 cm³/mol. The van der Waals surface area contributed by atoms with Crippen molar-refractivity contribution in [3.63, 3.8) is 0 Å². The molecule has 4 nitrogen and oxygen atoms in total. The molecular weight excluding hydrogens is 274 g/mol. The molecule has 1 aliphatic rings. The van der Waals surface area contributed by atoms with Gasteiger partial charge in [-0.15, -0.1) is 0 Å². The van der Waals surface area contributed by atoms with Gasteiger partial charge in [0.1, 0.15) is 0 Å². The van der Waals surface area contributed by atoms with Crippen LogP contribution in [0.1, 0.15) is 31.4 Å². The minimum atomic E-state index is -0.178. The van der Waals surface area contributed by atoms with Crippen LogP contribution in [0.3, 0.4) is 0 Å². The van der Waals surface area contributed by atoms with Gasteiger partial charge in [0.25, 0.3) is 0 Å². The van der Waals surface area contributed by atoms with Gasteiger partial charge < -0.3 is 16.4 Å². The summed E-state index contributed by atoms with van der Waals surface area (Å²) in [7, 11) is 0. The number of nitrogens with two attached hydrogens (primary N) is 1. The van der Waals surface area contributed by atoms with Crippen LogP contribution in [0, 0.1) is 6.92 Å². The lowest BCUT2D eigenvalue weighted by molar-refractivity contribution is -0.117. The van der Waals surface area contributed by atoms with Crippen molar-refractivity contribution >= 4 is 28.7 Å². The first kappa shape index (κ1) is 14.4. The molecule has 0 bridgehead atoms. The molecule has 0 spiro atoms. The minimum absolute atomic E-state index is 0.0774. The Hall–Kier alpha value is -2.49. The summed E-state index contributed by atoms with van der Waals surface area (Å²) in [5.74, 6) is 0.0774. The summed E-state index contributed by atoms with van der Waals surface area (Å²) in [4.78, 5) is 11.9. The Bertz CT molecular complexity index is 750. The number of aryl methyl sites for hydroxylation is 1. The predicted octanol–water partition coefficient (Wildman–Crippen LogP) is 3.94. The van der Waals surface area contributed by atoms with E-state index in [1.54, 1.807) is 0 Å². The molecule has 1 aliphatic heterocycles. The first-order valence-corrected chi connectivity index (χ1v) is 7.43. The summed E-state index contributed by atoms with van der Waals surface area (Å²) in [5, 5.41) is 6.37. The Kier molecular flexibility index (Phi) is 3.32. The van der Waals surface area contributed by atoms with Gasteiger partial charge in [-0.05, 0) is 42.3 Å². The number of anilines is 4. The molecule has 0 unspecified atom stereocenters. The van der Waals surface area contributed by atoms with Gasteiger partial charge in [0.15, 0.2) is 0 Å². The summed E-state index contributed by atoms with van der Waals surface area (Å²) < 4.78 is 0. The molecule has 0 saturated heterocycles. The standard InChI is InChI=1S/C18H21N3O/c1-11-8-12(20-15-7-5-4-6-14(15)19)9-13-17(11)21-16(22)10-18(13,2)3/h4-9,20H,10,19H2,1-3H3,(H,21,22). The highest BCUT2D eigenvalue weighted by atomic mass is 16.1. The second-order valence-corrected chi connectivity index (χ2v) is 6.54. The number of rotatable bonds is 2. The number of fused-ring (bicyclic) bond motifs is 1. The third-order valence-electron chi connectivity index (χ3n) is 4.17. The molecule has 2 aromatic carbocycles. The van der Waals surface area contributed by atoms with Crippen LogP contribution in [0.2, 0.25) is 0 Å². The van der Waals surface area contributed by atoms with Crippen LogP contribution in [0.5, 0.6) is 0 Å². The van der Waals surface area contributed by atoms with Crippen LogP contribution < -0.4 is 16.4 Å². The van der Waals surface area contributed by atoms with Crippen LogP contribution in [0.15, 0.2) is 36.4 Å². The molecule has 1 amide bonds. The van der Waals surface area contributed by atoms with E-state index in [4.69, 9.17) is 5.73 Å². The van der Waals surface area contributed by atoms with Crippen molar-refractivity contribution in [2.75, 3.05) is 16.4 Å². The Morgan fingerprint density at radius 3 is 2.68 bits per heavy atom. The van der Waals surface area contributed by atoms with E-state index < -0.39 is 0 Å². The van der Waals surface area contributed by atoms with Crippen molar-refractivity contribution in [3.05, 3.63) is 47.5 Å². The highest BCUT2D eigenvalue weighted by Gasteiger charge is 2.33. The van der Waals surface area contributed by atoms with Crippen LogP contribution in [0.4, 0.5) is 22.7 Å². The van der Waals surface area contributed by atoms with Gasteiger partial charge in [0, 0.05) is 23.2 Å². The monoisotopic (exact) mass is 295 g/mol. The SMILES string of the molecule is Cc1cc(Nc2ccccc2N)cc2c1NC(=O)CC2(C)C. The third-order valence-corrected chi connectivity index (χ3v) is 4.17. The van der Waals surface area contributed by atoms with Crippen LogP contribution in [-0.2, 0) is 10.2 Å². The fraction of sp³-hybridized carbons (Fsp3) is 0.278. The topological polar surface area (TPSA) is 67.2 Å². The van der Waals surface area contributed by atoms with Gasteiger partial charge >= 0.3 is 0 Å². The van der Waals surface area contributed by atoms with Gasteiger partial charge in [-0.3, -0.25) is 4.79 Å². The quantitative estimate of drug-likeness (QED) is 0.735. The molecule has 0 aliphatic carbocycles. The van der Waals surface area contributed by atoms with Crippen molar-refractivity contribution in [1.29, 1.82) is 0 Å². The van der Waals surface area contributed by atoms with Crippen molar-refractivity contribution in [3.8, 4) is 0 Å². The van der Waals surface area contributed by atoms with Crippen molar-refractivity contribution < 1.29 is 4.79 Å². The molecule has 0 aromatic heterocycles. The minimum Gasteiger partial charge on any atom is -0.397 e. The second-order valence-electron chi connectivity index (χ2n) is 6.54. The van der Waals surface area contributed by atoms with E-state index in [1.165, 1.54) is 0 Å². The Labute approximate surface area is 130 Å². The van der Waals surface area contributed by atoms with E-state index in [0.717, 1.165) is 28.2 Å². The lowest BCUT2D eigenvalue weighted by atomic mass is 9.77. The van der Waals surface area contributed by atoms with E-state index in [2.05, 4.69) is 30.5 Å². The van der Waals surface area contributed by atoms with Gasteiger partial charge in [-0.2, -0.15) is 0 Å². The second kappa shape index (κ2) is 5.05. The first-order chi connectivity index (χ1) is 10.4. The fourth-order valence-corrected chi connectivity index (χ4v) is 3.01. The summed E-state index contributed by atoms with van der Waals surface area (Å²) in [6.07, 6.45) is 0.496. The average molecular weight is 295 g/mol. The molecule has 3 rings (SSSR count). The van der Waals surface area contributed by atoms with E-state index in [1.807, 2.05) is 37.3 Å². The highest BCUT2D eigenvalue weighted by Crippen LogP contribution is 2.41. The van der Waals surface area contributed by atoms with Crippen LogP contribution >= 0.6 is 0 Å². The number of amides is 1. The average Bonchev–Trinajstić information content (AvgIpc) is 2.42. The maximum absolute atomic E-state index is 11.9. The number of para-hydroxylation sites is 2. The highest BCUT2D eigenvalue weighted by molar-refractivity contribution is 5.97.